The Hall–Kier alpha value is -1.50. The molecule has 0 aliphatic carbocycles. The minimum absolute atomic E-state index is 0.274. The van der Waals surface area contributed by atoms with E-state index in [1.807, 2.05) is 20.8 Å². The molecule has 0 N–H and O–H groups in total. The van der Waals surface area contributed by atoms with Gasteiger partial charge in [0.2, 0.25) is 0 Å². The lowest BCUT2D eigenvalue weighted by molar-refractivity contribution is 0.554. The first-order chi connectivity index (χ1) is 9.56. The fourth-order valence-corrected chi connectivity index (χ4v) is 2.75. The van der Waals surface area contributed by atoms with Crippen LogP contribution in [0, 0.1) is 0 Å². The summed E-state index contributed by atoms with van der Waals surface area (Å²) in [6.45, 7) is 6.84. The molecule has 0 aliphatic rings. The molecular weight excluding hydrogens is 276 g/mol. The molecule has 0 saturated heterocycles. The smallest absolute Gasteiger partial charge is 0.277 e. The lowest BCUT2D eigenvalue weighted by atomic mass is 10.4. The van der Waals surface area contributed by atoms with Crippen LogP contribution < -0.4 is 11.2 Å². The van der Waals surface area contributed by atoms with Crippen molar-refractivity contribution in [3.8, 4) is 0 Å². The summed E-state index contributed by atoms with van der Waals surface area (Å²) in [5.74, 6) is 0.693. The maximum atomic E-state index is 12.5. The minimum atomic E-state index is -0.318. The van der Waals surface area contributed by atoms with E-state index in [0.717, 1.165) is 12.8 Å². The van der Waals surface area contributed by atoms with Gasteiger partial charge >= 0.3 is 5.69 Å². The van der Waals surface area contributed by atoms with Crippen LogP contribution >= 0.6 is 12.8 Å². The van der Waals surface area contributed by atoms with Crippen molar-refractivity contribution >= 4 is 24.0 Å². The van der Waals surface area contributed by atoms with Crippen molar-refractivity contribution in [2.75, 3.05) is 0 Å². The highest BCUT2D eigenvalue weighted by Crippen LogP contribution is 2.14. The molecule has 0 unspecified atom stereocenters. The van der Waals surface area contributed by atoms with Gasteiger partial charge in [0, 0.05) is 19.5 Å². The summed E-state index contributed by atoms with van der Waals surface area (Å²) >= 11 is 4.38. The van der Waals surface area contributed by atoms with E-state index < -0.39 is 0 Å². The van der Waals surface area contributed by atoms with E-state index >= 15 is 0 Å². The van der Waals surface area contributed by atoms with E-state index in [4.69, 9.17) is 0 Å². The average Bonchev–Trinajstić information content (AvgIpc) is 2.77. The molecule has 7 heteroatoms. The van der Waals surface area contributed by atoms with Crippen LogP contribution in [0.2, 0.25) is 0 Å². The number of nitrogens with zero attached hydrogens (tertiary/aromatic N) is 4. The monoisotopic (exact) mass is 296 g/mol. The van der Waals surface area contributed by atoms with Gasteiger partial charge in [0.15, 0.2) is 11.2 Å². The lowest BCUT2D eigenvalue weighted by Crippen LogP contribution is -2.40. The van der Waals surface area contributed by atoms with Crippen LogP contribution in [0.4, 0.5) is 0 Å². The fourth-order valence-electron chi connectivity index (χ4n) is 2.36. The predicted molar refractivity (Wildman–Crippen MR) is 82.6 cm³/mol. The van der Waals surface area contributed by atoms with Crippen LogP contribution in [0.1, 0.15) is 39.4 Å². The Morgan fingerprint density at radius 3 is 2.20 bits per heavy atom. The number of hydrogen-bond donors (Lipinski definition) is 1. The standard InChI is InChI=1S/C13H20N4O2S/c1-4-7-15-11-10(14-9(6-3)17(11)20)12(18)16(8-5-2)13(15)19/h20H,4-8H2,1-3H3. The molecule has 20 heavy (non-hydrogen) atoms. The van der Waals surface area contributed by atoms with Crippen molar-refractivity contribution in [3.63, 3.8) is 0 Å². The Labute approximate surface area is 122 Å². The van der Waals surface area contributed by atoms with Crippen LogP contribution in [-0.4, -0.2) is 18.1 Å². The van der Waals surface area contributed by atoms with Gasteiger partial charge in [0.1, 0.15) is 5.82 Å². The van der Waals surface area contributed by atoms with E-state index in [-0.39, 0.29) is 11.2 Å². The predicted octanol–water partition coefficient (Wildman–Crippen LogP) is 1.44. The number of hydrogen-bond acceptors (Lipinski definition) is 4. The van der Waals surface area contributed by atoms with Crippen molar-refractivity contribution in [1.29, 1.82) is 0 Å². The van der Waals surface area contributed by atoms with Gasteiger partial charge in [-0.1, -0.05) is 33.6 Å². The van der Waals surface area contributed by atoms with E-state index in [2.05, 4.69) is 17.8 Å². The molecule has 2 aromatic rings. The second-order valence-corrected chi connectivity index (χ2v) is 5.16. The van der Waals surface area contributed by atoms with Gasteiger partial charge in [-0.3, -0.25) is 17.9 Å². The Kier molecular flexibility index (Phi) is 4.37. The Balaban J connectivity index is 2.93. The molecular formula is C13H20N4O2S. The number of imidazole rings is 1. The van der Waals surface area contributed by atoms with Crippen molar-refractivity contribution in [1.82, 2.24) is 18.1 Å². The van der Waals surface area contributed by atoms with Gasteiger partial charge in [-0.05, 0) is 12.8 Å². The molecule has 2 heterocycles. The summed E-state index contributed by atoms with van der Waals surface area (Å²) in [6, 6.07) is 0. The highest BCUT2D eigenvalue weighted by molar-refractivity contribution is 7.78. The number of aryl methyl sites for hydroxylation is 2. The summed E-state index contributed by atoms with van der Waals surface area (Å²) in [5.41, 5.74) is 0.249. The summed E-state index contributed by atoms with van der Waals surface area (Å²) < 4.78 is 4.44. The zero-order valence-corrected chi connectivity index (χ0v) is 13.0. The Morgan fingerprint density at radius 2 is 1.65 bits per heavy atom. The second kappa shape index (κ2) is 5.87. The summed E-state index contributed by atoms with van der Waals surface area (Å²) in [6.07, 6.45) is 2.19. The molecule has 0 amide bonds. The first-order valence-electron chi connectivity index (χ1n) is 7.00. The molecule has 0 saturated carbocycles. The van der Waals surface area contributed by atoms with Crippen molar-refractivity contribution < 1.29 is 0 Å². The SMILES string of the molecule is CCCn1c(=O)c2nc(CC)n(S)c2n(CCC)c1=O. The number of rotatable bonds is 5. The zero-order valence-electron chi connectivity index (χ0n) is 12.1. The van der Waals surface area contributed by atoms with Gasteiger partial charge in [0.25, 0.3) is 5.56 Å². The largest absolute Gasteiger partial charge is 0.332 e. The minimum Gasteiger partial charge on any atom is -0.277 e. The first-order valence-corrected chi connectivity index (χ1v) is 7.40. The van der Waals surface area contributed by atoms with Crippen LogP contribution in [0.3, 0.4) is 0 Å². The van der Waals surface area contributed by atoms with E-state index in [1.54, 1.807) is 8.54 Å². The van der Waals surface area contributed by atoms with Gasteiger partial charge in [-0.2, -0.15) is 0 Å². The quantitative estimate of drug-likeness (QED) is 0.849. The Morgan fingerprint density at radius 1 is 1.05 bits per heavy atom. The van der Waals surface area contributed by atoms with Crippen LogP contribution in [0.25, 0.3) is 11.2 Å². The molecule has 0 bridgehead atoms. The fraction of sp³-hybridized carbons (Fsp3) is 0.615. The second-order valence-electron chi connectivity index (χ2n) is 4.76. The molecule has 2 aromatic heterocycles. The molecule has 0 spiro atoms. The zero-order chi connectivity index (χ0) is 14.9. The van der Waals surface area contributed by atoms with Gasteiger partial charge < -0.3 is 0 Å². The maximum absolute atomic E-state index is 12.5. The first kappa shape index (κ1) is 14.9. The molecule has 6 nitrogen and oxygen atoms in total. The summed E-state index contributed by atoms with van der Waals surface area (Å²) in [7, 11) is 0. The molecule has 2 rings (SSSR count). The number of fused-ring (bicyclic) bond motifs is 1. The van der Waals surface area contributed by atoms with E-state index in [1.165, 1.54) is 4.57 Å². The average molecular weight is 296 g/mol. The maximum Gasteiger partial charge on any atom is 0.332 e. The van der Waals surface area contributed by atoms with Crippen LogP contribution in [0.5, 0.6) is 0 Å². The molecule has 0 radical (unpaired) electrons. The third kappa shape index (κ3) is 2.19. The summed E-state index contributed by atoms with van der Waals surface area (Å²) in [5, 5.41) is 0. The number of thiol groups is 1. The molecule has 0 fully saturated rings. The van der Waals surface area contributed by atoms with E-state index in [9.17, 15) is 9.59 Å². The molecule has 110 valence electrons. The van der Waals surface area contributed by atoms with Crippen molar-refractivity contribution in [2.24, 2.45) is 0 Å². The topological polar surface area (TPSA) is 61.8 Å². The van der Waals surface area contributed by atoms with Gasteiger partial charge in [-0.15, -0.1) is 0 Å². The van der Waals surface area contributed by atoms with Crippen LogP contribution in [0.15, 0.2) is 9.59 Å². The molecule has 0 aromatic carbocycles. The lowest BCUT2D eigenvalue weighted by Gasteiger charge is -2.11. The van der Waals surface area contributed by atoms with Crippen molar-refractivity contribution in [3.05, 3.63) is 26.7 Å². The third-order valence-electron chi connectivity index (χ3n) is 3.27. The van der Waals surface area contributed by atoms with Crippen molar-refractivity contribution in [2.45, 2.75) is 53.1 Å². The number of aromatic nitrogens is 4. The molecule has 0 atom stereocenters. The summed E-state index contributed by atoms with van der Waals surface area (Å²) in [4.78, 5) is 29.3. The van der Waals surface area contributed by atoms with Gasteiger partial charge in [-0.25, -0.2) is 9.78 Å². The third-order valence-corrected chi connectivity index (χ3v) is 3.69. The van der Waals surface area contributed by atoms with Gasteiger partial charge in [0.05, 0.1) is 0 Å². The highest BCUT2D eigenvalue weighted by atomic mass is 32.1. The van der Waals surface area contributed by atoms with E-state index in [0.29, 0.717) is 36.5 Å². The van der Waals surface area contributed by atoms with Crippen LogP contribution in [-0.2, 0) is 19.5 Å². The normalized spacial score (nSPS) is 11.4. The highest BCUT2D eigenvalue weighted by Gasteiger charge is 2.19. The Bertz CT molecular complexity index is 741. The molecule has 0 aliphatic heterocycles.